The van der Waals surface area contributed by atoms with E-state index in [1.165, 1.54) is 22.8 Å². The third kappa shape index (κ3) is 5.60. The number of halogens is 5. The second kappa shape index (κ2) is 9.75. The highest BCUT2D eigenvalue weighted by Gasteiger charge is 2.33. The second-order valence-electron chi connectivity index (χ2n) is 7.35. The molecule has 0 spiro atoms. The van der Waals surface area contributed by atoms with E-state index in [9.17, 15) is 22.4 Å². The summed E-state index contributed by atoms with van der Waals surface area (Å²) >= 11 is 5.59. The van der Waals surface area contributed by atoms with E-state index in [4.69, 9.17) is 21.1 Å². The summed E-state index contributed by atoms with van der Waals surface area (Å²) in [6.45, 7) is -0.119. The summed E-state index contributed by atoms with van der Waals surface area (Å²) in [6.07, 6.45) is -1.51. The Hall–Kier alpha value is -3.92. The van der Waals surface area contributed by atoms with Crippen molar-refractivity contribution in [2.45, 2.75) is 12.8 Å². The van der Waals surface area contributed by atoms with Gasteiger partial charge >= 0.3 is 11.9 Å². The fourth-order valence-electron chi connectivity index (χ4n) is 3.18. The van der Waals surface area contributed by atoms with E-state index in [0.717, 1.165) is 17.7 Å². The maximum Gasteiger partial charge on any atom is 0.417 e. The van der Waals surface area contributed by atoms with E-state index in [1.54, 1.807) is 37.6 Å². The Labute approximate surface area is 201 Å². The Balaban J connectivity index is 1.50. The summed E-state index contributed by atoms with van der Waals surface area (Å²) < 4.78 is 65.9. The quantitative estimate of drug-likeness (QED) is 0.300. The van der Waals surface area contributed by atoms with Gasteiger partial charge in [0.05, 0.1) is 16.3 Å². The molecular formula is C24H16ClF4N3O3. The van der Waals surface area contributed by atoms with Crippen molar-refractivity contribution >= 4 is 11.6 Å². The Bertz CT molecular complexity index is 1430. The molecule has 0 unspecified atom stereocenters. The number of aromatic nitrogens is 3. The van der Waals surface area contributed by atoms with Crippen LogP contribution < -0.4 is 15.2 Å². The van der Waals surface area contributed by atoms with E-state index in [-0.39, 0.29) is 24.0 Å². The van der Waals surface area contributed by atoms with Gasteiger partial charge in [0.25, 0.3) is 0 Å². The molecule has 0 atom stereocenters. The number of hydrogen-bond acceptors (Lipinski definition) is 5. The van der Waals surface area contributed by atoms with Gasteiger partial charge in [-0.05, 0) is 48.0 Å². The first-order chi connectivity index (χ1) is 16.6. The van der Waals surface area contributed by atoms with Crippen LogP contribution in [0.5, 0.6) is 17.4 Å². The van der Waals surface area contributed by atoms with Gasteiger partial charge < -0.3 is 9.47 Å². The van der Waals surface area contributed by atoms with Crippen LogP contribution in [0.25, 0.3) is 11.3 Å². The first-order valence-corrected chi connectivity index (χ1v) is 10.4. The van der Waals surface area contributed by atoms with Gasteiger partial charge in [0.1, 0.15) is 12.4 Å². The van der Waals surface area contributed by atoms with Crippen molar-refractivity contribution in [1.82, 2.24) is 14.5 Å². The third-order valence-corrected chi connectivity index (χ3v) is 5.27. The number of benzene rings is 2. The predicted molar refractivity (Wildman–Crippen MR) is 120 cm³/mol. The molecule has 4 aromatic rings. The topological polar surface area (TPSA) is 66.2 Å². The Kier molecular flexibility index (Phi) is 6.74. The lowest BCUT2D eigenvalue weighted by Crippen LogP contribution is -2.22. The molecule has 0 saturated carbocycles. The summed E-state index contributed by atoms with van der Waals surface area (Å²) in [5.74, 6) is -1.28. The number of pyridine rings is 1. The van der Waals surface area contributed by atoms with Crippen LogP contribution in [0.2, 0.25) is 5.02 Å². The lowest BCUT2D eigenvalue weighted by Gasteiger charge is -2.13. The highest BCUT2D eigenvalue weighted by atomic mass is 35.5. The molecule has 11 heteroatoms. The molecule has 6 nitrogen and oxygen atoms in total. The van der Waals surface area contributed by atoms with Gasteiger partial charge in [-0.3, -0.25) is 9.55 Å². The zero-order chi connectivity index (χ0) is 25.2. The van der Waals surface area contributed by atoms with Crippen LogP contribution in [-0.2, 0) is 19.8 Å². The molecule has 0 aliphatic carbocycles. The molecule has 2 aromatic heterocycles. The monoisotopic (exact) mass is 505 g/mol. The molecule has 0 radical (unpaired) electrons. The van der Waals surface area contributed by atoms with Crippen LogP contribution in [0.3, 0.4) is 0 Å². The average molecular weight is 506 g/mol. The number of ether oxygens (including phenoxy) is 2. The van der Waals surface area contributed by atoms with Crippen molar-refractivity contribution in [2.75, 3.05) is 0 Å². The van der Waals surface area contributed by atoms with E-state index in [1.807, 2.05) is 0 Å². The van der Waals surface area contributed by atoms with Gasteiger partial charge in [-0.15, -0.1) is 0 Å². The van der Waals surface area contributed by atoms with Crippen molar-refractivity contribution in [2.24, 2.45) is 7.05 Å². The van der Waals surface area contributed by atoms with Crippen LogP contribution in [0.15, 0.2) is 71.8 Å². The van der Waals surface area contributed by atoms with Crippen LogP contribution in [0, 0.1) is 5.82 Å². The van der Waals surface area contributed by atoms with Crippen LogP contribution in [-0.4, -0.2) is 14.5 Å². The average Bonchev–Trinajstić information content (AvgIpc) is 2.82. The van der Waals surface area contributed by atoms with Crippen LogP contribution in [0.4, 0.5) is 17.6 Å². The van der Waals surface area contributed by atoms with Crippen LogP contribution in [0.1, 0.15) is 11.1 Å². The number of hydrogen-bond donors (Lipinski definition) is 0. The maximum absolute atomic E-state index is 14.6. The van der Waals surface area contributed by atoms with Gasteiger partial charge in [-0.25, -0.2) is 9.18 Å². The molecule has 0 saturated heterocycles. The highest BCUT2D eigenvalue weighted by molar-refractivity contribution is 6.31. The summed E-state index contributed by atoms with van der Waals surface area (Å²) in [6, 6.07) is 11.8. The molecule has 2 aromatic carbocycles. The first kappa shape index (κ1) is 24.2. The highest BCUT2D eigenvalue weighted by Crippen LogP contribution is 2.38. The van der Waals surface area contributed by atoms with Gasteiger partial charge in [-0.1, -0.05) is 17.7 Å². The van der Waals surface area contributed by atoms with Crippen molar-refractivity contribution in [3.63, 3.8) is 0 Å². The molecule has 0 aliphatic rings. The van der Waals surface area contributed by atoms with E-state index < -0.39 is 28.3 Å². The smallest absolute Gasteiger partial charge is 0.417 e. The molecule has 2 heterocycles. The molecule has 0 N–H and O–H groups in total. The zero-order valence-corrected chi connectivity index (χ0v) is 18.8. The predicted octanol–water partition coefficient (Wildman–Crippen LogP) is 6.02. The molecule has 4 rings (SSSR count). The lowest BCUT2D eigenvalue weighted by molar-refractivity contribution is -0.137. The third-order valence-electron chi connectivity index (χ3n) is 4.94. The summed E-state index contributed by atoms with van der Waals surface area (Å²) in [5.41, 5.74) is 0.0452. The van der Waals surface area contributed by atoms with Crippen molar-refractivity contribution in [1.29, 1.82) is 0 Å². The number of rotatable bonds is 6. The van der Waals surface area contributed by atoms with Gasteiger partial charge in [0.2, 0.25) is 5.88 Å². The molecule has 0 bridgehead atoms. The standard InChI is InChI=1S/C24H16ClF4N3O3/c1-32-20(15-6-8-30-9-7-15)12-22(31-23(32)33)34-13-14-2-5-21(19(26)10-14)35-16-3-4-18(25)17(11-16)24(27,28)29/h2-12H,13H2,1H3. The Morgan fingerprint density at radius 1 is 1.03 bits per heavy atom. The lowest BCUT2D eigenvalue weighted by atomic mass is 10.2. The normalized spacial score (nSPS) is 11.4. The fraction of sp³-hybridized carbons (Fsp3) is 0.125. The SMILES string of the molecule is Cn1c(-c2ccncc2)cc(OCc2ccc(Oc3ccc(Cl)c(C(F)(F)F)c3)c(F)c2)nc1=O. The molecule has 35 heavy (non-hydrogen) atoms. The Morgan fingerprint density at radius 3 is 2.46 bits per heavy atom. The molecule has 0 aliphatic heterocycles. The van der Waals surface area contributed by atoms with Gasteiger partial charge in [-0.2, -0.15) is 18.2 Å². The maximum atomic E-state index is 14.6. The summed E-state index contributed by atoms with van der Waals surface area (Å²) in [7, 11) is 1.57. The van der Waals surface area contributed by atoms with E-state index >= 15 is 0 Å². The number of alkyl halides is 3. The van der Waals surface area contributed by atoms with Gasteiger partial charge in [0, 0.05) is 31.1 Å². The van der Waals surface area contributed by atoms with Crippen LogP contribution >= 0.6 is 11.6 Å². The zero-order valence-electron chi connectivity index (χ0n) is 18.0. The van der Waals surface area contributed by atoms with Gasteiger partial charge in [0.15, 0.2) is 11.6 Å². The molecule has 0 fully saturated rings. The minimum atomic E-state index is -4.68. The minimum absolute atomic E-state index is 0.0430. The minimum Gasteiger partial charge on any atom is -0.473 e. The molecule has 180 valence electrons. The van der Waals surface area contributed by atoms with E-state index in [0.29, 0.717) is 17.3 Å². The van der Waals surface area contributed by atoms with Crippen molar-refractivity contribution in [3.05, 3.63) is 99.4 Å². The number of nitrogens with zero attached hydrogens (tertiary/aromatic N) is 3. The van der Waals surface area contributed by atoms with E-state index in [2.05, 4.69) is 9.97 Å². The summed E-state index contributed by atoms with van der Waals surface area (Å²) in [4.78, 5) is 20.0. The molecular weight excluding hydrogens is 490 g/mol. The largest absolute Gasteiger partial charge is 0.473 e. The van der Waals surface area contributed by atoms with Crippen molar-refractivity contribution in [3.8, 4) is 28.6 Å². The molecule has 0 amide bonds. The van der Waals surface area contributed by atoms with Crippen molar-refractivity contribution < 1.29 is 27.0 Å². The second-order valence-corrected chi connectivity index (χ2v) is 7.76. The first-order valence-electron chi connectivity index (χ1n) is 10.1. The fourth-order valence-corrected chi connectivity index (χ4v) is 3.40. The summed E-state index contributed by atoms with van der Waals surface area (Å²) in [5, 5.41) is -0.491. The Morgan fingerprint density at radius 2 is 1.77 bits per heavy atom.